The highest BCUT2D eigenvalue weighted by molar-refractivity contribution is 7.89. The fourth-order valence-electron chi connectivity index (χ4n) is 3.48. The molecule has 3 rings (SSSR count). The lowest BCUT2D eigenvalue weighted by atomic mass is 10.1. The summed E-state index contributed by atoms with van der Waals surface area (Å²) in [6.45, 7) is 5.63. The molecule has 1 aliphatic heterocycles. The molecule has 168 valence electrons. The molecule has 1 saturated heterocycles. The van der Waals surface area contributed by atoms with Gasteiger partial charge in [0.05, 0.1) is 11.4 Å². The van der Waals surface area contributed by atoms with Crippen molar-refractivity contribution in [2.75, 3.05) is 32.8 Å². The highest BCUT2D eigenvalue weighted by Crippen LogP contribution is 2.22. The van der Waals surface area contributed by atoms with Crippen LogP contribution in [0.5, 0.6) is 11.5 Å². The Hall–Kier alpha value is -2.58. The van der Waals surface area contributed by atoms with Crippen LogP contribution >= 0.6 is 0 Å². The van der Waals surface area contributed by atoms with Crippen LogP contribution in [0.3, 0.4) is 0 Å². The van der Waals surface area contributed by atoms with Crippen molar-refractivity contribution in [3.05, 3.63) is 53.6 Å². The van der Waals surface area contributed by atoms with Gasteiger partial charge in [-0.1, -0.05) is 24.1 Å². The second kappa shape index (κ2) is 10.6. The summed E-state index contributed by atoms with van der Waals surface area (Å²) < 4.78 is 38.0. The Morgan fingerprint density at radius 2 is 1.71 bits per heavy atom. The van der Waals surface area contributed by atoms with E-state index < -0.39 is 10.0 Å². The second-order valence-corrected chi connectivity index (χ2v) is 9.63. The molecule has 1 heterocycles. The summed E-state index contributed by atoms with van der Waals surface area (Å²) in [6.07, 6.45) is 2.89. The zero-order valence-corrected chi connectivity index (χ0v) is 18.9. The van der Waals surface area contributed by atoms with Crippen molar-refractivity contribution in [3.63, 3.8) is 0 Å². The highest BCUT2D eigenvalue weighted by atomic mass is 32.2. The summed E-state index contributed by atoms with van der Waals surface area (Å²) in [4.78, 5) is 12.2. The van der Waals surface area contributed by atoms with Gasteiger partial charge in [-0.25, -0.2) is 8.42 Å². The molecule has 1 aliphatic rings. The highest BCUT2D eigenvalue weighted by Gasteiger charge is 2.25. The van der Waals surface area contributed by atoms with Gasteiger partial charge in [0.2, 0.25) is 10.0 Å². The number of benzene rings is 2. The molecule has 0 bridgehead atoms. The molecule has 2 aromatic rings. The first-order chi connectivity index (χ1) is 14.9. The van der Waals surface area contributed by atoms with Gasteiger partial charge in [-0.05, 0) is 62.6 Å². The third kappa shape index (κ3) is 6.45. The van der Waals surface area contributed by atoms with E-state index in [1.165, 1.54) is 0 Å². The molecule has 1 fully saturated rings. The molecular formula is C23H30N2O5S. The van der Waals surface area contributed by atoms with Crippen molar-refractivity contribution in [1.29, 1.82) is 0 Å². The lowest BCUT2D eigenvalue weighted by Crippen LogP contribution is -2.35. The van der Waals surface area contributed by atoms with E-state index in [1.807, 2.05) is 32.0 Å². The van der Waals surface area contributed by atoms with E-state index in [2.05, 4.69) is 5.32 Å². The van der Waals surface area contributed by atoms with Crippen molar-refractivity contribution >= 4 is 15.9 Å². The lowest BCUT2D eigenvalue weighted by molar-refractivity contribution is -0.123. The first-order valence-electron chi connectivity index (χ1n) is 10.6. The Labute approximate surface area is 184 Å². The molecule has 8 heteroatoms. The fraction of sp³-hybridized carbons (Fsp3) is 0.435. The number of sulfonamides is 1. The minimum Gasteiger partial charge on any atom is -0.492 e. The molecule has 0 spiro atoms. The Balaban J connectivity index is 1.40. The Bertz CT molecular complexity index is 984. The lowest BCUT2D eigenvalue weighted by Gasteiger charge is -2.25. The minimum absolute atomic E-state index is 0.0625. The maximum absolute atomic E-state index is 12.7. The predicted molar refractivity (Wildman–Crippen MR) is 119 cm³/mol. The van der Waals surface area contributed by atoms with Crippen LogP contribution in [0.2, 0.25) is 0 Å². The topological polar surface area (TPSA) is 84.9 Å². The number of carbonyl (C=O) groups is 1. The normalized spacial score (nSPS) is 14.8. The van der Waals surface area contributed by atoms with Crippen LogP contribution in [0.15, 0.2) is 47.4 Å². The van der Waals surface area contributed by atoms with Gasteiger partial charge in [0.1, 0.15) is 18.1 Å². The maximum Gasteiger partial charge on any atom is 0.258 e. The molecule has 2 aromatic carbocycles. The zero-order valence-electron chi connectivity index (χ0n) is 18.1. The molecule has 1 amide bonds. The molecular weight excluding hydrogens is 416 g/mol. The number of carbonyl (C=O) groups excluding carboxylic acids is 1. The summed E-state index contributed by atoms with van der Waals surface area (Å²) in [5, 5.41) is 2.74. The Morgan fingerprint density at radius 3 is 2.39 bits per heavy atom. The minimum atomic E-state index is -3.44. The van der Waals surface area contributed by atoms with Crippen molar-refractivity contribution < 1.29 is 22.7 Å². The first-order valence-corrected chi connectivity index (χ1v) is 12.0. The molecule has 1 N–H and O–H groups in total. The van der Waals surface area contributed by atoms with E-state index in [1.54, 1.807) is 28.6 Å². The Kier molecular flexibility index (Phi) is 7.92. The number of nitrogens with one attached hydrogen (secondary N) is 1. The SMILES string of the molecule is Cc1ccc(OCC(=O)NCCOc2ccc(S(=O)(=O)N3CCCCC3)cc2)c(C)c1. The zero-order chi connectivity index (χ0) is 22.3. The van der Waals surface area contributed by atoms with E-state index in [9.17, 15) is 13.2 Å². The third-order valence-corrected chi connectivity index (χ3v) is 7.07. The largest absolute Gasteiger partial charge is 0.492 e. The van der Waals surface area contributed by atoms with E-state index >= 15 is 0 Å². The first kappa shape index (κ1) is 23.1. The van der Waals surface area contributed by atoms with Gasteiger partial charge in [-0.3, -0.25) is 4.79 Å². The predicted octanol–water partition coefficient (Wildman–Crippen LogP) is 3.05. The van der Waals surface area contributed by atoms with Crippen molar-refractivity contribution in [1.82, 2.24) is 9.62 Å². The standard InChI is InChI=1S/C23H30N2O5S/c1-18-6-11-22(19(2)16-18)30-17-23(26)24-12-15-29-20-7-9-21(10-8-20)31(27,28)25-13-4-3-5-14-25/h6-11,16H,3-5,12-15,17H2,1-2H3,(H,24,26). The summed E-state index contributed by atoms with van der Waals surface area (Å²) >= 11 is 0. The van der Waals surface area contributed by atoms with Crippen LogP contribution < -0.4 is 14.8 Å². The van der Waals surface area contributed by atoms with E-state index in [4.69, 9.17) is 9.47 Å². The number of ether oxygens (including phenoxy) is 2. The fourth-order valence-corrected chi connectivity index (χ4v) is 4.99. The number of aryl methyl sites for hydroxylation is 2. The van der Waals surface area contributed by atoms with Gasteiger partial charge in [0.15, 0.2) is 6.61 Å². The smallest absolute Gasteiger partial charge is 0.258 e. The Morgan fingerprint density at radius 1 is 1.00 bits per heavy atom. The van der Waals surface area contributed by atoms with Crippen molar-refractivity contribution in [3.8, 4) is 11.5 Å². The van der Waals surface area contributed by atoms with Gasteiger partial charge in [0.25, 0.3) is 5.91 Å². The van der Waals surface area contributed by atoms with E-state index in [0.29, 0.717) is 31.1 Å². The van der Waals surface area contributed by atoms with Gasteiger partial charge >= 0.3 is 0 Å². The molecule has 0 saturated carbocycles. The van der Waals surface area contributed by atoms with Gasteiger partial charge in [-0.2, -0.15) is 4.31 Å². The molecule has 0 aliphatic carbocycles. The number of hydrogen-bond acceptors (Lipinski definition) is 5. The number of piperidine rings is 1. The quantitative estimate of drug-likeness (QED) is 0.599. The summed E-state index contributed by atoms with van der Waals surface area (Å²) in [6, 6.07) is 12.2. The number of nitrogens with zero attached hydrogens (tertiary/aromatic N) is 1. The molecule has 31 heavy (non-hydrogen) atoms. The third-order valence-electron chi connectivity index (χ3n) is 5.16. The van der Waals surface area contributed by atoms with Crippen molar-refractivity contribution in [2.24, 2.45) is 0 Å². The van der Waals surface area contributed by atoms with Gasteiger partial charge < -0.3 is 14.8 Å². The van der Waals surface area contributed by atoms with Gasteiger partial charge in [-0.15, -0.1) is 0 Å². The van der Waals surface area contributed by atoms with Gasteiger partial charge in [0, 0.05) is 13.1 Å². The maximum atomic E-state index is 12.7. The average Bonchev–Trinajstić information content (AvgIpc) is 2.77. The van der Waals surface area contributed by atoms with Crippen LogP contribution in [0.1, 0.15) is 30.4 Å². The molecule has 0 aromatic heterocycles. The molecule has 0 atom stereocenters. The number of amides is 1. The van der Waals surface area contributed by atoms with Crippen LogP contribution in [-0.4, -0.2) is 51.5 Å². The molecule has 0 unspecified atom stereocenters. The number of hydrogen-bond donors (Lipinski definition) is 1. The van der Waals surface area contributed by atoms with Crippen LogP contribution in [0.25, 0.3) is 0 Å². The van der Waals surface area contributed by atoms with E-state index in [-0.39, 0.29) is 24.0 Å². The van der Waals surface area contributed by atoms with Crippen LogP contribution in [0.4, 0.5) is 0 Å². The average molecular weight is 447 g/mol. The monoisotopic (exact) mass is 446 g/mol. The van der Waals surface area contributed by atoms with Crippen molar-refractivity contribution in [2.45, 2.75) is 38.0 Å². The van der Waals surface area contributed by atoms with Crippen LogP contribution in [-0.2, 0) is 14.8 Å². The van der Waals surface area contributed by atoms with Crippen LogP contribution in [0, 0.1) is 13.8 Å². The molecule has 7 nitrogen and oxygen atoms in total. The summed E-state index contributed by atoms with van der Waals surface area (Å²) in [5.74, 6) is 1.02. The van der Waals surface area contributed by atoms with E-state index in [0.717, 1.165) is 30.4 Å². The summed E-state index contributed by atoms with van der Waals surface area (Å²) in [5.41, 5.74) is 2.13. The number of rotatable bonds is 9. The summed E-state index contributed by atoms with van der Waals surface area (Å²) in [7, 11) is -3.44. The molecule has 0 radical (unpaired) electrons. The second-order valence-electron chi connectivity index (χ2n) is 7.69.